The quantitative estimate of drug-likeness (QED) is 0.332. The van der Waals surface area contributed by atoms with E-state index in [1.54, 1.807) is 24.3 Å². The second-order valence-corrected chi connectivity index (χ2v) is 3.91. The number of unbranched alkanes of at least 4 members (excludes halogenated alkanes) is 1. The fourth-order valence-electron chi connectivity index (χ4n) is 1.64. The van der Waals surface area contributed by atoms with Gasteiger partial charge in [0.2, 0.25) is 5.78 Å². The number of ether oxygens (including phenoxy) is 1. The molecule has 1 aromatic rings. The number of ketones is 1. The number of allylic oxidation sites excluding steroid dienone is 2. The smallest absolute Gasteiger partial charge is 0.206 e. The first-order chi connectivity index (χ1) is 8.74. The Morgan fingerprint density at radius 2 is 2.00 bits per heavy atom. The van der Waals surface area contributed by atoms with Crippen LogP contribution in [0.25, 0.3) is 0 Å². The van der Waals surface area contributed by atoms with Crippen molar-refractivity contribution in [2.45, 2.75) is 26.2 Å². The highest BCUT2D eigenvalue weighted by atomic mass is 16.5. The van der Waals surface area contributed by atoms with E-state index in [9.17, 15) is 4.79 Å². The van der Waals surface area contributed by atoms with Crippen molar-refractivity contribution in [3.05, 3.63) is 47.2 Å². The molecule has 0 aromatic heterocycles. The second kappa shape index (κ2) is 7.29. The van der Waals surface area contributed by atoms with Crippen LogP contribution in [0.5, 0.6) is 0 Å². The number of hydrogen-bond acceptors (Lipinski definition) is 3. The van der Waals surface area contributed by atoms with Crippen LogP contribution in [-0.2, 0) is 4.74 Å². The van der Waals surface area contributed by atoms with E-state index in [0.29, 0.717) is 17.7 Å². The zero-order valence-corrected chi connectivity index (χ0v) is 10.8. The Kier molecular flexibility index (Phi) is 5.66. The van der Waals surface area contributed by atoms with E-state index in [4.69, 9.17) is 10.00 Å². The predicted octanol–water partition coefficient (Wildman–Crippen LogP) is 3.48. The van der Waals surface area contributed by atoms with E-state index in [0.717, 1.165) is 12.8 Å². The molecule has 0 spiro atoms. The molecule has 0 radical (unpaired) electrons. The van der Waals surface area contributed by atoms with Gasteiger partial charge < -0.3 is 4.74 Å². The first-order valence-electron chi connectivity index (χ1n) is 6.01. The predicted molar refractivity (Wildman–Crippen MR) is 69.9 cm³/mol. The van der Waals surface area contributed by atoms with Crippen molar-refractivity contribution in [2.75, 3.05) is 7.11 Å². The van der Waals surface area contributed by atoms with E-state index in [-0.39, 0.29) is 11.4 Å². The molecular weight excluding hydrogens is 226 g/mol. The molecule has 0 aliphatic carbocycles. The van der Waals surface area contributed by atoms with Crippen LogP contribution in [0.2, 0.25) is 0 Å². The Morgan fingerprint density at radius 3 is 2.50 bits per heavy atom. The second-order valence-electron chi connectivity index (χ2n) is 3.91. The monoisotopic (exact) mass is 243 g/mol. The molecule has 0 bridgehead atoms. The van der Waals surface area contributed by atoms with Crippen molar-refractivity contribution < 1.29 is 9.53 Å². The molecule has 0 atom stereocenters. The van der Waals surface area contributed by atoms with E-state index in [1.165, 1.54) is 7.11 Å². The average Bonchev–Trinajstić information content (AvgIpc) is 2.43. The van der Waals surface area contributed by atoms with Crippen LogP contribution in [0.3, 0.4) is 0 Å². The molecule has 0 aliphatic rings. The standard InChI is InChI=1S/C15H17NO2/c1-3-4-10-14(18-2)13(11-16)15(17)12-8-6-5-7-9-12/h5-9H,3-4,10H2,1-2H3. The number of nitriles is 1. The Balaban J connectivity index is 3.05. The third-order valence-corrected chi connectivity index (χ3v) is 2.66. The van der Waals surface area contributed by atoms with Crippen LogP contribution < -0.4 is 0 Å². The normalized spacial score (nSPS) is 11.4. The molecular formula is C15H17NO2. The van der Waals surface area contributed by atoms with Crippen LogP contribution in [0, 0.1) is 11.3 Å². The first-order valence-corrected chi connectivity index (χ1v) is 6.01. The summed E-state index contributed by atoms with van der Waals surface area (Å²) in [4.78, 5) is 12.2. The highest BCUT2D eigenvalue weighted by molar-refractivity contribution is 6.11. The molecule has 94 valence electrons. The lowest BCUT2D eigenvalue weighted by Crippen LogP contribution is -2.06. The van der Waals surface area contributed by atoms with Crippen molar-refractivity contribution in [1.82, 2.24) is 0 Å². The van der Waals surface area contributed by atoms with E-state index in [1.807, 2.05) is 12.1 Å². The summed E-state index contributed by atoms with van der Waals surface area (Å²) in [6, 6.07) is 10.8. The van der Waals surface area contributed by atoms with Gasteiger partial charge in [-0.25, -0.2) is 0 Å². The molecule has 0 fully saturated rings. The average molecular weight is 243 g/mol. The Labute approximate surface area is 108 Å². The van der Waals surface area contributed by atoms with Crippen molar-refractivity contribution >= 4 is 5.78 Å². The lowest BCUT2D eigenvalue weighted by atomic mass is 10.0. The summed E-state index contributed by atoms with van der Waals surface area (Å²) in [5.74, 6) is 0.208. The number of rotatable bonds is 6. The van der Waals surface area contributed by atoms with Crippen molar-refractivity contribution in [2.24, 2.45) is 0 Å². The van der Waals surface area contributed by atoms with Gasteiger partial charge in [-0.1, -0.05) is 43.7 Å². The maximum Gasteiger partial charge on any atom is 0.206 e. The molecule has 1 aromatic carbocycles. The van der Waals surface area contributed by atoms with Gasteiger partial charge in [-0.15, -0.1) is 0 Å². The summed E-state index contributed by atoms with van der Waals surface area (Å²) >= 11 is 0. The van der Waals surface area contributed by atoms with Crippen LogP contribution in [-0.4, -0.2) is 12.9 Å². The molecule has 3 nitrogen and oxygen atoms in total. The number of nitrogens with zero attached hydrogens (tertiary/aromatic N) is 1. The van der Waals surface area contributed by atoms with Crippen LogP contribution in [0.4, 0.5) is 0 Å². The van der Waals surface area contributed by atoms with Crippen molar-refractivity contribution in [3.63, 3.8) is 0 Å². The summed E-state index contributed by atoms with van der Waals surface area (Å²) in [5.41, 5.74) is 0.622. The van der Waals surface area contributed by atoms with Crippen LogP contribution >= 0.6 is 0 Å². The van der Waals surface area contributed by atoms with Gasteiger partial charge in [0, 0.05) is 12.0 Å². The Hall–Kier alpha value is -2.08. The van der Waals surface area contributed by atoms with Gasteiger partial charge in [0.1, 0.15) is 17.4 Å². The van der Waals surface area contributed by atoms with Crippen LogP contribution in [0.1, 0.15) is 36.5 Å². The minimum Gasteiger partial charge on any atom is -0.500 e. The highest BCUT2D eigenvalue weighted by Gasteiger charge is 2.17. The molecule has 0 unspecified atom stereocenters. The molecule has 0 saturated heterocycles. The molecule has 0 aliphatic heterocycles. The number of carbonyl (C=O) groups excluding carboxylic acids is 1. The number of benzene rings is 1. The third-order valence-electron chi connectivity index (χ3n) is 2.66. The molecule has 3 heteroatoms. The maximum absolute atomic E-state index is 12.2. The van der Waals surface area contributed by atoms with Gasteiger partial charge in [0.25, 0.3) is 0 Å². The molecule has 1 rings (SSSR count). The SMILES string of the molecule is CCCCC(OC)=C(C#N)C(=O)c1ccccc1. The molecule has 0 N–H and O–H groups in total. The summed E-state index contributed by atoms with van der Waals surface area (Å²) < 4.78 is 5.18. The van der Waals surface area contributed by atoms with Gasteiger partial charge in [0.15, 0.2) is 0 Å². The summed E-state index contributed by atoms with van der Waals surface area (Å²) in [6.45, 7) is 2.05. The van der Waals surface area contributed by atoms with Crippen molar-refractivity contribution in [3.8, 4) is 6.07 Å². The minimum atomic E-state index is -0.272. The molecule has 0 heterocycles. The van der Waals surface area contributed by atoms with Crippen LogP contribution in [0.15, 0.2) is 41.7 Å². The van der Waals surface area contributed by atoms with E-state index < -0.39 is 0 Å². The van der Waals surface area contributed by atoms with Gasteiger partial charge in [-0.05, 0) is 6.42 Å². The van der Waals surface area contributed by atoms with Gasteiger partial charge >= 0.3 is 0 Å². The fraction of sp³-hybridized carbons (Fsp3) is 0.333. The van der Waals surface area contributed by atoms with E-state index >= 15 is 0 Å². The summed E-state index contributed by atoms with van der Waals surface area (Å²) in [5, 5.41) is 9.15. The largest absolute Gasteiger partial charge is 0.500 e. The number of methoxy groups -OCH3 is 1. The first kappa shape index (κ1) is 14.0. The van der Waals surface area contributed by atoms with Crippen molar-refractivity contribution in [1.29, 1.82) is 5.26 Å². The fourth-order valence-corrected chi connectivity index (χ4v) is 1.64. The Bertz CT molecular complexity index is 469. The number of carbonyl (C=O) groups is 1. The number of hydrogen-bond donors (Lipinski definition) is 0. The summed E-state index contributed by atoms with van der Waals surface area (Å²) in [6.07, 6.45) is 2.51. The third kappa shape index (κ3) is 3.46. The van der Waals surface area contributed by atoms with Gasteiger partial charge in [0.05, 0.1) is 7.11 Å². The molecule has 0 amide bonds. The number of Topliss-reactive ketones (excluding diaryl/α,β-unsaturated/α-hetero) is 1. The molecule has 18 heavy (non-hydrogen) atoms. The zero-order chi connectivity index (χ0) is 13.4. The lowest BCUT2D eigenvalue weighted by molar-refractivity contribution is 0.103. The highest BCUT2D eigenvalue weighted by Crippen LogP contribution is 2.17. The Morgan fingerprint density at radius 1 is 1.33 bits per heavy atom. The zero-order valence-electron chi connectivity index (χ0n) is 10.8. The minimum absolute atomic E-state index is 0.108. The van der Waals surface area contributed by atoms with E-state index in [2.05, 4.69) is 6.92 Å². The van der Waals surface area contributed by atoms with Gasteiger partial charge in [-0.3, -0.25) is 4.79 Å². The van der Waals surface area contributed by atoms with Gasteiger partial charge in [-0.2, -0.15) is 5.26 Å². The summed E-state index contributed by atoms with van der Waals surface area (Å²) in [7, 11) is 1.50. The lowest BCUT2D eigenvalue weighted by Gasteiger charge is -2.08. The topological polar surface area (TPSA) is 50.1 Å². The maximum atomic E-state index is 12.2. The molecule has 0 saturated carbocycles.